The predicted octanol–water partition coefficient (Wildman–Crippen LogP) is 4.32. The lowest BCUT2D eigenvalue weighted by atomic mass is 9.85. The van der Waals surface area contributed by atoms with Crippen LogP contribution in [0.25, 0.3) is 28.0 Å². The van der Waals surface area contributed by atoms with E-state index in [0.29, 0.717) is 27.6 Å². The molecule has 0 aliphatic heterocycles. The number of phenolic OH excluding ortho intramolecular Hbond substituents is 1. The van der Waals surface area contributed by atoms with Gasteiger partial charge in [0.15, 0.2) is 17.3 Å². The molecule has 0 saturated carbocycles. The summed E-state index contributed by atoms with van der Waals surface area (Å²) < 4.78 is 5.30. The molecule has 0 saturated heterocycles. The first-order valence-corrected chi connectivity index (χ1v) is 7.49. The summed E-state index contributed by atoms with van der Waals surface area (Å²) in [5.74, 6) is -0.481. The third kappa shape index (κ3) is 1.90. The van der Waals surface area contributed by atoms with Crippen molar-refractivity contribution in [2.45, 2.75) is 0 Å². The van der Waals surface area contributed by atoms with E-state index in [-0.39, 0.29) is 11.5 Å². The van der Waals surface area contributed by atoms with Gasteiger partial charge < -0.3 is 14.9 Å². The molecule has 24 heavy (non-hydrogen) atoms. The van der Waals surface area contributed by atoms with Crippen molar-refractivity contribution < 1.29 is 19.7 Å². The number of aliphatic hydroxyl groups is 1. The number of allylic oxidation sites excluding steroid dienone is 1. The van der Waals surface area contributed by atoms with Gasteiger partial charge >= 0.3 is 0 Å². The zero-order valence-corrected chi connectivity index (χ0v) is 12.9. The number of hydrogen-bond donors (Lipinski definition) is 2. The Morgan fingerprint density at radius 2 is 1.75 bits per heavy atom. The van der Waals surface area contributed by atoms with Gasteiger partial charge in [-0.3, -0.25) is 4.79 Å². The molecule has 4 rings (SSSR count). The molecule has 2 N–H and O–H groups in total. The van der Waals surface area contributed by atoms with Crippen molar-refractivity contribution in [3.05, 3.63) is 65.4 Å². The fraction of sp³-hybridized carbons (Fsp3) is 0.0500. The standard InChI is InChI=1S/C20H14O4/c1-24-20-14-8-7-13(11-5-3-2-4-6-11)18-17(14)12(10-16(20)22)9-15(21)19(18)23/h2-10,21-22H,1H3. The van der Waals surface area contributed by atoms with E-state index in [9.17, 15) is 15.0 Å². The van der Waals surface area contributed by atoms with Crippen molar-refractivity contribution >= 4 is 22.6 Å². The first-order valence-electron chi connectivity index (χ1n) is 7.49. The minimum Gasteiger partial charge on any atom is -0.504 e. The number of aliphatic hydroxyl groups excluding tert-OH is 1. The van der Waals surface area contributed by atoms with Crippen LogP contribution in [0.4, 0.5) is 0 Å². The highest BCUT2D eigenvalue weighted by Crippen LogP contribution is 2.44. The summed E-state index contributed by atoms with van der Waals surface area (Å²) in [5.41, 5.74) is 2.64. The van der Waals surface area contributed by atoms with E-state index in [1.807, 2.05) is 42.5 Å². The van der Waals surface area contributed by atoms with Crippen molar-refractivity contribution in [1.82, 2.24) is 0 Å². The molecule has 0 atom stereocenters. The number of phenols is 1. The number of ketones is 1. The van der Waals surface area contributed by atoms with Gasteiger partial charge in [-0.1, -0.05) is 36.4 Å². The normalized spacial score (nSPS) is 13.0. The topological polar surface area (TPSA) is 66.8 Å². The van der Waals surface area contributed by atoms with Gasteiger partial charge in [-0.05, 0) is 34.9 Å². The largest absolute Gasteiger partial charge is 0.504 e. The molecule has 0 unspecified atom stereocenters. The van der Waals surface area contributed by atoms with Crippen LogP contribution >= 0.6 is 0 Å². The van der Waals surface area contributed by atoms with Crippen LogP contribution in [0.5, 0.6) is 11.5 Å². The molecule has 0 bridgehead atoms. The molecule has 0 aromatic heterocycles. The highest BCUT2D eigenvalue weighted by Gasteiger charge is 2.27. The van der Waals surface area contributed by atoms with Crippen LogP contribution in [-0.2, 0) is 0 Å². The van der Waals surface area contributed by atoms with Crippen LogP contribution in [0.2, 0.25) is 0 Å². The van der Waals surface area contributed by atoms with Gasteiger partial charge in [0.25, 0.3) is 0 Å². The summed E-state index contributed by atoms with van der Waals surface area (Å²) in [6, 6.07) is 14.7. The van der Waals surface area contributed by atoms with Crippen molar-refractivity contribution in [3.63, 3.8) is 0 Å². The monoisotopic (exact) mass is 318 g/mol. The van der Waals surface area contributed by atoms with E-state index in [2.05, 4.69) is 0 Å². The molecule has 0 spiro atoms. The van der Waals surface area contributed by atoms with Crippen molar-refractivity contribution in [3.8, 4) is 22.6 Å². The highest BCUT2D eigenvalue weighted by atomic mass is 16.5. The van der Waals surface area contributed by atoms with Crippen LogP contribution < -0.4 is 4.74 Å². The third-order valence-corrected chi connectivity index (χ3v) is 4.30. The Balaban J connectivity index is 2.18. The van der Waals surface area contributed by atoms with Gasteiger partial charge in [0, 0.05) is 16.3 Å². The van der Waals surface area contributed by atoms with E-state index < -0.39 is 5.78 Å². The predicted molar refractivity (Wildman–Crippen MR) is 92.5 cm³/mol. The zero-order chi connectivity index (χ0) is 16.8. The second-order valence-corrected chi connectivity index (χ2v) is 5.65. The Labute approximate surface area is 138 Å². The lowest BCUT2D eigenvalue weighted by molar-refractivity contribution is 0.0981. The lowest BCUT2D eigenvalue weighted by Gasteiger charge is -2.20. The van der Waals surface area contributed by atoms with E-state index in [4.69, 9.17) is 4.74 Å². The number of benzene rings is 3. The Hall–Kier alpha value is -3.27. The molecule has 4 heteroatoms. The van der Waals surface area contributed by atoms with Gasteiger partial charge in [0.2, 0.25) is 5.78 Å². The molecule has 0 fully saturated rings. The summed E-state index contributed by atoms with van der Waals surface area (Å²) in [5, 5.41) is 21.5. The lowest BCUT2D eigenvalue weighted by Crippen LogP contribution is -2.11. The molecule has 0 heterocycles. The Kier molecular flexibility index (Phi) is 3.06. The number of ether oxygens (including phenoxy) is 1. The van der Waals surface area contributed by atoms with Gasteiger partial charge in [0.1, 0.15) is 0 Å². The second kappa shape index (κ2) is 5.13. The summed E-state index contributed by atoms with van der Waals surface area (Å²) in [7, 11) is 1.47. The Morgan fingerprint density at radius 1 is 1.00 bits per heavy atom. The Bertz CT molecular complexity index is 1020. The maximum absolute atomic E-state index is 12.7. The molecular formula is C20H14O4. The molecule has 3 aromatic carbocycles. The third-order valence-electron chi connectivity index (χ3n) is 4.30. The number of methoxy groups -OCH3 is 1. The molecule has 1 aliphatic carbocycles. The van der Waals surface area contributed by atoms with E-state index in [1.165, 1.54) is 19.3 Å². The van der Waals surface area contributed by atoms with Crippen molar-refractivity contribution in [2.24, 2.45) is 0 Å². The van der Waals surface area contributed by atoms with Crippen molar-refractivity contribution in [1.29, 1.82) is 0 Å². The number of aromatic hydroxyl groups is 1. The van der Waals surface area contributed by atoms with Crippen LogP contribution in [0.3, 0.4) is 0 Å². The summed E-state index contributed by atoms with van der Waals surface area (Å²) in [6.45, 7) is 0. The van der Waals surface area contributed by atoms with Crippen LogP contribution in [0.15, 0.2) is 54.3 Å². The van der Waals surface area contributed by atoms with Gasteiger partial charge in [-0.15, -0.1) is 0 Å². The molecule has 0 radical (unpaired) electrons. The average molecular weight is 318 g/mol. The molecule has 118 valence electrons. The number of carbonyl (C=O) groups excluding carboxylic acids is 1. The zero-order valence-electron chi connectivity index (χ0n) is 12.9. The Morgan fingerprint density at radius 3 is 2.46 bits per heavy atom. The number of hydrogen-bond acceptors (Lipinski definition) is 4. The molecule has 3 aromatic rings. The fourth-order valence-electron chi connectivity index (χ4n) is 3.28. The maximum Gasteiger partial charge on any atom is 0.228 e. The van der Waals surface area contributed by atoms with E-state index in [0.717, 1.165) is 11.1 Å². The van der Waals surface area contributed by atoms with Crippen molar-refractivity contribution in [2.75, 3.05) is 7.11 Å². The summed E-state index contributed by atoms with van der Waals surface area (Å²) in [4.78, 5) is 12.7. The average Bonchev–Trinajstić information content (AvgIpc) is 2.60. The molecular weight excluding hydrogens is 304 g/mol. The number of Topliss-reactive ketones (excluding diaryl/α,β-unsaturated/α-hetero) is 1. The smallest absolute Gasteiger partial charge is 0.228 e. The van der Waals surface area contributed by atoms with Gasteiger partial charge in [0.05, 0.1) is 7.11 Å². The van der Waals surface area contributed by atoms with Crippen LogP contribution in [0, 0.1) is 0 Å². The first kappa shape index (κ1) is 14.3. The second-order valence-electron chi connectivity index (χ2n) is 5.65. The SMILES string of the molecule is COc1c(O)cc2c3c(c(-c4ccccc4)ccc13)C(=O)C(O)=C2. The summed E-state index contributed by atoms with van der Waals surface area (Å²) in [6.07, 6.45) is 1.38. The number of rotatable bonds is 2. The molecule has 1 aliphatic rings. The minimum absolute atomic E-state index is 0.0307. The minimum atomic E-state index is -0.431. The maximum atomic E-state index is 12.7. The molecule has 0 amide bonds. The first-order chi connectivity index (χ1) is 11.6. The van der Waals surface area contributed by atoms with Crippen LogP contribution in [-0.4, -0.2) is 23.1 Å². The highest BCUT2D eigenvalue weighted by molar-refractivity contribution is 6.25. The van der Waals surface area contributed by atoms with E-state index in [1.54, 1.807) is 0 Å². The van der Waals surface area contributed by atoms with Crippen LogP contribution in [0.1, 0.15) is 15.9 Å². The van der Waals surface area contributed by atoms with E-state index >= 15 is 0 Å². The fourth-order valence-corrected chi connectivity index (χ4v) is 3.28. The quantitative estimate of drug-likeness (QED) is 0.738. The molecule has 4 nitrogen and oxygen atoms in total. The van der Waals surface area contributed by atoms with Gasteiger partial charge in [-0.25, -0.2) is 0 Å². The number of carbonyl (C=O) groups is 1. The summed E-state index contributed by atoms with van der Waals surface area (Å²) >= 11 is 0. The van der Waals surface area contributed by atoms with Gasteiger partial charge in [-0.2, -0.15) is 0 Å².